The summed E-state index contributed by atoms with van der Waals surface area (Å²) in [7, 11) is 0. The van der Waals surface area contributed by atoms with Gasteiger partial charge in [0, 0.05) is 5.92 Å². The molecular formula is C12H18O2. The average Bonchev–Trinajstić information content (AvgIpc) is 2.16. The molecule has 0 aliphatic rings. The highest BCUT2D eigenvalue weighted by Gasteiger charge is 2.12. The van der Waals surface area contributed by atoms with Gasteiger partial charge in [-0.05, 0) is 32.3 Å². The molecule has 2 atom stereocenters. The maximum Gasteiger partial charge on any atom is 0.122 e. The zero-order valence-electron chi connectivity index (χ0n) is 9.13. The molecule has 0 fully saturated rings. The van der Waals surface area contributed by atoms with Gasteiger partial charge in [-0.25, -0.2) is 4.79 Å². The number of aliphatic hydroxyl groups is 1. The van der Waals surface area contributed by atoms with Crippen LogP contribution >= 0.6 is 0 Å². The van der Waals surface area contributed by atoms with E-state index in [4.69, 9.17) is 0 Å². The van der Waals surface area contributed by atoms with Crippen LogP contribution in [0, 0.1) is 17.8 Å². The van der Waals surface area contributed by atoms with Gasteiger partial charge in [0.15, 0.2) is 0 Å². The van der Waals surface area contributed by atoms with Gasteiger partial charge in [0.25, 0.3) is 0 Å². The quantitative estimate of drug-likeness (QED) is 0.548. The molecule has 0 aliphatic heterocycles. The van der Waals surface area contributed by atoms with E-state index in [2.05, 4.69) is 11.8 Å². The monoisotopic (exact) mass is 194 g/mol. The van der Waals surface area contributed by atoms with Crippen LogP contribution in [0.3, 0.4) is 0 Å². The first-order chi connectivity index (χ1) is 6.52. The molecule has 2 nitrogen and oxygen atoms in total. The summed E-state index contributed by atoms with van der Waals surface area (Å²) in [6.45, 7) is 5.59. The summed E-state index contributed by atoms with van der Waals surface area (Å²) in [5.74, 6) is 7.75. The predicted molar refractivity (Wildman–Crippen MR) is 57.4 cm³/mol. The first-order valence-electron chi connectivity index (χ1n) is 4.96. The van der Waals surface area contributed by atoms with Crippen LogP contribution in [0.4, 0.5) is 0 Å². The van der Waals surface area contributed by atoms with Crippen LogP contribution < -0.4 is 0 Å². The van der Waals surface area contributed by atoms with Crippen molar-refractivity contribution in [3.8, 4) is 11.8 Å². The van der Waals surface area contributed by atoms with Crippen molar-refractivity contribution in [2.24, 2.45) is 5.92 Å². The summed E-state index contributed by atoms with van der Waals surface area (Å²) in [6.07, 6.45) is 3.63. The van der Waals surface area contributed by atoms with Crippen molar-refractivity contribution >= 4 is 5.94 Å². The minimum Gasteiger partial charge on any atom is -0.378 e. The fourth-order valence-corrected chi connectivity index (χ4v) is 0.831. The first kappa shape index (κ1) is 13.0. The number of allylic oxidation sites excluding steroid dienone is 1. The van der Waals surface area contributed by atoms with Gasteiger partial charge in [-0.2, -0.15) is 0 Å². The lowest BCUT2D eigenvalue weighted by Crippen LogP contribution is -2.19. The lowest BCUT2D eigenvalue weighted by Gasteiger charge is -2.12. The van der Waals surface area contributed by atoms with Crippen molar-refractivity contribution in [1.82, 2.24) is 0 Å². The van der Waals surface area contributed by atoms with Crippen molar-refractivity contribution in [3.05, 3.63) is 6.08 Å². The van der Waals surface area contributed by atoms with Crippen molar-refractivity contribution in [2.45, 2.75) is 45.6 Å². The molecule has 2 heteroatoms. The van der Waals surface area contributed by atoms with Crippen LogP contribution in [0.1, 0.15) is 40.0 Å². The molecule has 0 aromatic carbocycles. The molecule has 78 valence electrons. The third-order valence-corrected chi connectivity index (χ3v) is 2.10. The minimum atomic E-state index is -0.880. The molecule has 0 spiro atoms. The van der Waals surface area contributed by atoms with E-state index in [0.717, 1.165) is 6.42 Å². The van der Waals surface area contributed by atoms with E-state index < -0.39 is 5.60 Å². The molecule has 0 amide bonds. The maximum absolute atomic E-state index is 9.89. The van der Waals surface area contributed by atoms with Gasteiger partial charge in [0.05, 0.1) is 0 Å². The zero-order chi connectivity index (χ0) is 11.0. The van der Waals surface area contributed by atoms with Gasteiger partial charge in [-0.15, -0.1) is 0 Å². The molecule has 0 aromatic rings. The molecule has 0 saturated carbocycles. The topological polar surface area (TPSA) is 37.3 Å². The van der Waals surface area contributed by atoms with Gasteiger partial charge in [-0.3, -0.25) is 0 Å². The number of rotatable bonds is 4. The lowest BCUT2D eigenvalue weighted by atomic mass is 10.0. The van der Waals surface area contributed by atoms with Crippen LogP contribution in [0.25, 0.3) is 0 Å². The largest absolute Gasteiger partial charge is 0.378 e. The van der Waals surface area contributed by atoms with E-state index in [-0.39, 0.29) is 5.92 Å². The van der Waals surface area contributed by atoms with Crippen LogP contribution in [-0.4, -0.2) is 16.6 Å². The molecule has 0 rings (SSSR count). The summed E-state index contributed by atoms with van der Waals surface area (Å²) >= 11 is 0. The van der Waals surface area contributed by atoms with E-state index in [1.165, 1.54) is 6.08 Å². The lowest BCUT2D eigenvalue weighted by molar-refractivity contribution is 0.118. The van der Waals surface area contributed by atoms with Crippen LogP contribution in [0.5, 0.6) is 0 Å². The fraction of sp³-hybridized carbons (Fsp3) is 0.667. The predicted octanol–water partition coefficient (Wildman–Crippen LogP) is 1.95. The van der Waals surface area contributed by atoms with Gasteiger partial charge in [0.1, 0.15) is 11.5 Å². The number of hydrogen-bond donors (Lipinski definition) is 1. The highest BCUT2D eigenvalue weighted by molar-refractivity contribution is 5.44. The second-order valence-corrected chi connectivity index (χ2v) is 3.70. The van der Waals surface area contributed by atoms with E-state index in [0.29, 0.717) is 12.8 Å². The van der Waals surface area contributed by atoms with Crippen LogP contribution in [-0.2, 0) is 4.79 Å². The third kappa shape index (κ3) is 6.48. The molecule has 0 heterocycles. The molecule has 1 N–H and O–H groups in total. The first-order valence-corrected chi connectivity index (χ1v) is 4.96. The standard InChI is InChI=1S/C12H18O2/c1-4-12(3,14)9-8-11(2)7-5-6-10-13/h6,11,14H,4-5,7H2,1-3H3. The summed E-state index contributed by atoms with van der Waals surface area (Å²) in [4.78, 5) is 9.89. The van der Waals surface area contributed by atoms with E-state index in [1.807, 2.05) is 13.8 Å². The Hall–Kier alpha value is -1.03. The van der Waals surface area contributed by atoms with Crippen molar-refractivity contribution in [2.75, 3.05) is 0 Å². The van der Waals surface area contributed by atoms with E-state index in [1.54, 1.807) is 12.9 Å². The van der Waals surface area contributed by atoms with Gasteiger partial charge in [0.2, 0.25) is 0 Å². The van der Waals surface area contributed by atoms with Crippen molar-refractivity contribution < 1.29 is 9.90 Å². The molecule has 0 aliphatic carbocycles. The van der Waals surface area contributed by atoms with Crippen molar-refractivity contribution in [1.29, 1.82) is 0 Å². The molecule has 0 radical (unpaired) electrons. The fourth-order valence-electron chi connectivity index (χ4n) is 0.831. The molecule has 14 heavy (non-hydrogen) atoms. The Morgan fingerprint density at radius 3 is 2.71 bits per heavy atom. The molecule has 2 unspecified atom stereocenters. The van der Waals surface area contributed by atoms with Crippen molar-refractivity contribution in [3.63, 3.8) is 0 Å². The second kappa shape index (κ2) is 6.43. The summed E-state index contributed by atoms with van der Waals surface area (Å²) in [5.41, 5.74) is -0.880. The van der Waals surface area contributed by atoms with Gasteiger partial charge >= 0.3 is 0 Å². The third-order valence-electron chi connectivity index (χ3n) is 2.10. The van der Waals surface area contributed by atoms with Crippen LogP contribution in [0.15, 0.2) is 6.08 Å². The Morgan fingerprint density at radius 2 is 2.21 bits per heavy atom. The highest BCUT2D eigenvalue weighted by Crippen LogP contribution is 2.08. The minimum absolute atomic E-state index is 0.206. The Kier molecular flexibility index (Phi) is 5.95. The Bertz CT molecular complexity index is 262. The zero-order valence-corrected chi connectivity index (χ0v) is 9.13. The summed E-state index contributed by atoms with van der Waals surface area (Å²) in [6, 6.07) is 0. The smallest absolute Gasteiger partial charge is 0.122 e. The number of hydrogen-bond acceptors (Lipinski definition) is 2. The normalized spacial score (nSPS) is 15.7. The average molecular weight is 194 g/mol. The molecular weight excluding hydrogens is 176 g/mol. The van der Waals surface area contributed by atoms with Gasteiger partial charge < -0.3 is 5.11 Å². The Balaban J connectivity index is 4.03. The van der Waals surface area contributed by atoms with E-state index >= 15 is 0 Å². The van der Waals surface area contributed by atoms with E-state index in [9.17, 15) is 9.90 Å². The number of carbonyl (C=O) groups excluding carboxylic acids is 1. The molecule has 0 aromatic heterocycles. The SMILES string of the molecule is CCC(C)(O)C#CC(C)CCC=C=O. The summed E-state index contributed by atoms with van der Waals surface area (Å²) in [5, 5.41) is 9.60. The van der Waals surface area contributed by atoms with Gasteiger partial charge in [-0.1, -0.05) is 25.7 Å². The van der Waals surface area contributed by atoms with Crippen LogP contribution in [0.2, 0.25) is 0 Å². The summed E-state index contributed by atoms with van der Waals surface area (Å²) < 4.78 is 0. The molecule has 0 bridgehead atoms. The highest BCUT2D eigenvalue weighted by atomic mass is 16.3. The maximum atomic E-state index is 9.89. The Morgan fingerprint density at radius 1 is 1.57 bits per heavy atom. The second-order valence-electron chi connectivity index (χ2n) is 3.70. The Labute approximate surface area is 86.0 Å². The molecule has 0 saturated heterocycles.